The van der Waals surface area contributed by atoms with E-state index < -0.39 is 34.6 Å². The minimum atomic E-state index is -4.91. The molecule has 0 fully saturated rings. The predicted molar refractivity (Wildman–Crippen MR) is 79.3 cm³/mol. The van der Waals surface area contributed by atoms with Gasteiger partial charge in [-0.05, 0) is 6.07 Å². The lowest BCUT2D eigenvalue weighted by atomic mass is 10.1. The van der Waals surface area contributed by atoms with Crippen LogP contribution in [0.3, 0.4) is 0 Å². The molecule has 1 aromatic heterocycles. The highest BCUT2D eigenvalue weighted by Crippen LogP contribution is 2.39. The summed E-state index contributed by atoms with van der Waals surface area (Å²) in [7, 11) is 2.34. The van der Waals surface area contributed by atoms with Crippen molar-refractivity contribution in [2.24, 2.45) is 7.05 Å². The Morgan fingerprint density at radius 2 is 1.84 bits per heavy atom. The van der Waals surface area contributed by atoms with Gasteiger partial charge in [-0.15, -0.1) is 5.06 Å². The van der Waals surface area contributed by atoms with Gasteiger partial charge in [0.05, 0.1) is 11.6 Å². The van der Waals surface area contributed by atoms with Crippen molar-refractivity contribution >= 4 is 11.6 Å². The number of nitrogens with zero attached hydrogens (tertiary/aromatic N) is 3. The van der Waals surface area contributed by atoms with E-state index in [1.54, 1.807) is 0 Å². The topological polar surface area (TPSA) is 56.5 Å². The van der Waals surface area contributed by atoms with Crippen LogP contribution >= 0.6 is 11.6 Å². The fourth-order valence-corrected chi connectivity index (χ4v) is 2.84. The first-order chi connectivity index (χ1) is 11.5. The average Bonchev–Trinajstić information content (AvgIpc) is 2.87. The summed E-state index contributed by atoms with van der Waals surface area (Å²) in [6.45, 7) is 0.150. The normalized spacial score (nSPS) is 14.5. The molecular weight excluding hydrogens is 370 g/mol. The molecule has 1 aliphatic heterocycles. The molecule has 6 nitrogen and oxygen atoms in total. The monoisotopic (exact) mass is 379 g/mol. The minimum Gasteiger partial charge on any atom is -0.403 e. The fraction of sp³-hybridized carbons (Fsp3) is 0.286. The van der Waals surface area contributed by atoms with E-state index in [1.165, 1.54) is 12.1 Å². The van der Waals surface area contributed by atoms with Gasteiger partial charge in [0, 0.05) is 25.7 Å². The molecule has 1 aliphatic rings. The van der Waals surface area contributed by atoms with Gasteiger partial charge in [0.25, 0.3) is 5.56 Å². The number of alkyl halides is 3. The SMILES string of the molecule is CN1Cc2c(Cl)cc(F)c(-n3c(=O)cc(C(F)(F)F)n(C)c3=O)c2O1. The molecule has 0 N–H and O–H groups in total. The van der Waals surface area contributed by atoms with Crippen LogP contribution in [0.1, 0.15) is 11.3 Å². The van der Waals surface area contributed by atoms with Crippen LogP contribution in [-0.2, 0) is 19.8 Å². The molecule has 0 bridgehead atoms. The molecule has 134 valence electrons. The van der Waals surface area contributed by atoms with Gasteiger partial charge in [0.1, 0.15) is 11.4 Å². The highest BCUT2D eigenvalue weighted by molar-refractivity contribution is 6.31. The Kier molecular flexibility index (Phi) is 3.92. The number of hydrogen-bond donors (Lipinski definition) is 0. The number of rotatable bonds is 1. The Balaban J connectivity index is 2.38. The van der Waals surface area contributed by atoms with E-state index in [2.05, 4.69) is 0 Å². The van der Waals surface area contributed by atoms with E-state index in [4.69, 9.17) is 16.4 Å². The van der Waals surface area contributed by atoms with Gasteiger partial charge in [-0.2, -0.15) is 13.2 Å². The third-order valence-electron chi connectivity index (χ3n) is 3.72. The van der Waals surface area contributed by atoms with Crippen LogP contribution in [-0.4, -0.2) is 21.2 Å². The molecule has 2 aromatic rings. The Morgan fingerprint density at radius 1 is 1.20 bits per heavy atom. The van der Waals surface area contributed by atoms with Gasteiger partial charge in [-0.25, -0.2) is 13.8 Å². The number of hydroxylamine groups is 2. The van der Waals surface area contributed by atoms with Crippen LogP contribution < -0.4 is 16.1 Å². The lowest BCUT2D eigenvalue weighted by Crippen LogP contribution is -2.41. The van der Waals surface area contributed by atoms with E-state index in [9.17, 15) is 27.2 Å². The van der Waals surface area contributed by atoms with E-state index in [1.807, 2.05) is 0 Å². The Labute approximate surface area is 142 Å². The second-order valence-corrected chi connectivity index (χ2v) is 5.82. The van der Waals surface area contributed by atoms with Crippen molar-refractivity contribution < 1.29 is 22.4 Å². The van der Waals surface area contributed by atoms with Crippen molar-refractivity contribution in [3.63, 3.8) is 0 Å². The molecule has 0 radical (unpaired) electrons. The number of fused-ring (bicyclic) bond motifs is 1. The molecule has 3 rings (SSSR count). The summed E-state index contributed by atoms with van der Waals surface area (Å²) in [4.78, 5) is 29.8. The highest BCUT2D eigenvalue weighted by Gasteiger charge is 2.36. The second kappa shape index (κ2) is 5.60. The lowest BCUT2D eigenvalue weighted by molar-refractivity contribution is -0.144. The zero-order valence-corrected chi connectivity index (χ0v) is 13.6. The van der Waals surface area contributed by atoms with Crippen molar-refractivity contribution in [1.29, 1.82) is 0 Å². The molecule has 0 unspecified atom stereocenters. The van der Waals surface area contributed by atoms with Gasteiger partial charge in [-0.1, -0.05) is 11.6 Å². The Hall–Kier alpha value is -2.33. The molecule has 25 heavy (non-hydrogen) atoms. The Bertz CT molecular complexity index is 997. The maximum atomic E-state index is 14.4. The van der Waals surface area contributed by atoms with Crippen LogP contribution in [0.2, 0.25) is 5.02 Å². The Morgan fingerprint density at radius 3 is 2.44 bits per heavy atom. The van der Waals surface area contributed by atoms with Gasteiger partial charge < -0.3 is 4.84 Å². The standard InChI is InChI=1S/C14H10ClF4N3O3/c1-20-5-6-7(15)3-8(16)11(12(6)25-20)22-10(23)4-9(14(17,18)19)21(2)13(22)24/h3-4H,5H2,1-2H3. The first-order valence-corrected chi connectivity index (χ1v) is 7.20. The number of aromatic nitrogens is 2. The highest BCUT2D eigenvalue weighted by atomic mass is 35.5. The van der Waals surface area contributed by atoms with Crippen LogP contribution in [0.15, 0.2) is 21.7 Å². The van der Waals surface area contributed by atoms with Crippen molar-refractivity contribution in [1.82, 2.24) is 14.2 Å². The largest absolute Gasteiger partial charge is 0.431 e. The van der Waals surface area contributed by atoms with Gasteiger partial charge in [0.2, 0.25) is 0 Å². The number of hydrogen-bond acceptors (Lipinski definition) is 4. The van der Waals surface area contributed by atoms with E-state index in [0.29, 0.717) is 10.1 Å². The van der Waals surface area contributed by atoms with E-state index in [-0.39, 0.29) is 28.0 Å². The smallest absolute Gasteiger partial charge is 0.403 e. The third-order valence-corrected chi connectivity index (χ3v) is 4.06. The van der Waals surface area contributed by atoms with Crippen LogP contribution in [0.4, 0.5) is 17.6 Å². The average molecular weight is 380 g/mol. The van der Waals surface area contributed by atoms with Crippen LogP contribution in [0.25, 0.3) is 5.69 Å². The van der Waals surface area contributed by atoms with Gasteiger partial charge in [0.15, 0.2) is 11.6 Å². The fourth-order valence-electron chi connectivity index (χ4n) is 2.59. The summed E-state index contributed by atoms with van der Waals surface area (Å²) in [5.74, 6) is -1.26. The number of benzene rings is 1. The summed E-state index contributed by atoms with van der Waals surface area (Å²) >= 11 is 5.93. The number of halogens is 5. The molecule has 11 heteroatoms. The molecule has 0 saturated heterocycles. The van der Waals surface area contributed by atoms with Crippen molar-refractivity contribution in [3.05, 3.63) is 55.1 Å². The second-order valence-electron chi connectivity index (χ2n) is 5.42. The quantitative estimate of drug-likeness (QED) is 0.712. The van der Waals surface area contributed by atoms with Gasteiger partial charge >= 0.3 is 11.9 Å². The van der Waals surface area contributed by atoms with Crippen LogP contribution in [0.5, 0.6) is 5.75 Å². The molecule has 1 aromatic carbocycles. The molecule has 0 atom stereocenters. The maximum absolute atomic E-state index is 14.4. The summed E-state index contributed by atoms with van der Waals surface area (Å²) in [5, 5.41) is 1.29. The molecule has 2 heterocycles. The first-order valence-electron chi connectivity index (χ1n) is 6.83. The van der Waals surface area contributed by atoms with Crippen LogP contribution in [0, 0.1) is 5.82 Å². The van der Waals surface area contributed by atoms with E-state index in [0.717, 1.165) is 13.1 Å². The van der Waals surface area contributed by atoms with Crippen molar-refractivity contribution in [2.75, 3.05) is 7.05 Å². The minimum absolute atomic E-state index is 0.0115. The summed E-state index contributed by atoms with van der Waals surface area (Å²) in [5.41, 5.74) is -4.40. The summed E-state index contributed by atoms with van der Waals surface area (Å²) in [6.07, 6.45) is -4.91. The van der Waals surface area contributed by atoms with Gasteiger partial charge in [-0.3, -0.25) is 9.36 Å². The molecule has 0 spiro atoms. The molecule has 0 aliphatic carbocycles. The maximum Gasteiger partial charge on any atom is 0.431 e. The van der Waals surface area contributed by atoms with E-state index >= 15 is 0 Å². The van der Waals surface area contributed by atoms with Crippen molar-refractivity contribution in [3.8, 4) is 11.4 Å². The summed E-state index contributed by atoms with van der Waals surface area (Å²) < 4.78 is 53.7. The lowest BCUT2D eigenvalue weighted by Gasteiger charge is -2.16. The first kappa shape index (κ1) is 17.5. The predicted octanol–water partition coefficient (Wildman–Crippen LogP) is 2.09. The third kappa shape index (κ3) is 2.71. The zero-order valence-electron chi connectivity index (χ0n) is 12.8. The molecule has 0 saturated carbocycles. The molecular formula is C14H10ClF4N3O3. The molecule has 0 amide bonds. The van der Waals surface area contributed by atoms with Crippen molar-refractivity contribution in [2.45, 2.75) is 12.7 Å². The summed E-state index contributed by atoms with van der Waals surface area (Å²) in [6, 6.07) is 1.10. The zero-order chi connectivity index (χ0) is 18.7.